The van der Waals surface area contributed by atoms with Gasteiger partial charge in [-0.05, 0) is 17.5 Å². The van der Waals surface area contributed by atoms with Crippen molar-refractivity contribution in [3.05, 3.63) is 23.9 Å². The standard InChI is InChI=1S/C10H15N3O2/c1-7(2)8-5-4-6-11-9(8)12-10(14)13-15-3/h4-7H,1-3H3,(H2,11,12,13,14). The van der Waals surface area contributed by atoms with Crippen LogP contribution in [0.25, 0.3) is 0 Å². The van der Waals surface area contributed by atoms with Gasteiger partial charge >= 0.3 is 6.03 Å². The third-order valence-electron chi connectivity index (χ3n) is 1.89. The van der Waals surface area contributed by atoms with Crippen molar-refractivity contribution < 1.29 is 9.63 Å². The molecule has 0 radical (unpaired) electrons. The summed E-state index contributed by atoms with van der Waals surface area (Å²) in [5.41, 5.74) is 3.16. The van der Waals surface area contributed by atoms with Gasteiger partial charge in [0.1, 0.15) is 5.82 Å². The Morgan fingerprint density at radius 3 is 2.87 bits per heavy atom. The Labute approximate surface area is 88.8 Å². The summed E-state index contributed by atoms with van der Waals surface area (Å²) in [6, 6.07) is 3.34. The zero-order chi connectivity index (χ0) is 11.3. The van der Waals surface area contributed by atoms with Gasteiger partial charge in [-0.25, -0.2) is 15.3 Å². The maximum Gasteiger partial charge on any atom is 0.344 e. The van der Waals surface area contributed by atoms with Gasteiger partial charge in [0, 0.05) is 6.20 Å². The number of carbonyl (C=O) groups is 1. The van der Waals surface area contributed by atoms with E-state index in [4.69, 9.17) is 0 Å². The molecule has 2 N–H and O–H groups in total. The minimum atomic E-state index is -0.432. The summed E-state index contributed by atoms with van der Waals surface area (Å²) in [6.07, 6.45) is 1.63. The highest BCUT2D eigenvalue weighted by Gasteiger charge is 2.09. The molecule has 15 heavy (non-hydrogen) atoms. The van der Waals surface area contributed by atoms with Gasteiger partial charge in [0.2, 0.25) is 0 Å². The summed E-state index contributed by atoms with van der Waals surface area (Å²) < 4.78 is 0. The lowest BCUT2D eigenvalue weighted by atomic mass is 10.0. The molecule has 82 valence electrons. The summed E-state index contributed by atoms with van der Waals surface area (Å²) in [7, 11) is 1.38. The second-order valence-electron chi connectivity index (χ2n) is 3.36. The highest BCUT2D eigenvalue weighted by molar-refractivity contribution is 5.88. The average molecular weight is 209 g/mol. The Kier molecular flexibility index (Phi) is 4.05. The molecule has 1 aromatic heterocycles. The molecule has 0 atom stereocenters. The third-order valence-corrected chi connectivity index (χ3v) is 1.89. The van der Waals surface area contributed by atoms with Gasteiger partial charge in [0.25, 0.3) is 0 Å². The fourth-order valence-electron chi connectivity index (χ4n) is 1.21. The van der Waals surface area contributed by atoms with Crippen LogP contribution in [-0.2, 0) is 4.84 Å². The molecular weight excluding hydrogens is 194 g/mol. The van der Waals surface area contributed by atoms with E-state index in [1.807, 2.05) is 26.0 Å². The van der Waals surface area contributed by atoms with Crippen LogP contribution in [0.1, 0.15) is 25.3 Å². The molecule has 0 saturated heterocycles. The van der Waals surface area contributed by atoms with E-state index in [1.165, 1.54) is 7.11 Å². The fourth-order valence-corrected chi connectivity index (χ4v) is 1.21. The van der Waals surface area contributed by atoms with Crippen molar-refractivity contribution >= 4 is 11.8 Å². The number of pyridine rings is 1. The first-order valence-electron chi connectivity index (χ1n) is 4.70. The van der Waals surface area contributed by atoms with E-state index in [9.17, 15) is 4.79 Å². The molecule has 1 aromatic rings. The number of hydrogen-bond acceptors (Lipinski definition) is 3. The molecule has 0 bridgehead atoms. The largest absolute Gasteiger partial charge is 0.344 e. The summed E-state index contributed by atoms with van der Waals surface area (Å²) in [5, 5.41) is 2.61. The maximum absolute atomic E-state index is 11.2. The van der Waals surface area contributed by atoms with E-state index in [0.717, 1.165) is 5.56 Å². The van der Waals surface area contributed by atoms with Crippen LogP contribution in [0.5, 0.6) is 0 Å². The Balaban J connectivity index is 2.80. The lowest BCUT2D eigenvalue weighted by molar-refractivity contribution is 0.114. The van der Waals surface area contributed by atoms with Gasteiger partial charge in [-0.2, -0.15) is 0 Å². The minimum Gasteiger partial charge on any atom is -0.290 e. The molecule has 2 amide bonds. The number of aromatic nitrogens is 1. The summed E-state index contributed by atoms with van der Waals surface area (Å²) in [4.78, 5) is 19.8. The molecule has 1 rings (SSSR count). The Bertz CT molecular complexity index is 339. The van der Waals surface area contributed by atoms with E-state index in [0.29, 0.717) is 11.7 Å². The highest BCUT2D eigenvalue weighted by Crippen LogP contribution is 2.20. The van der Waals surface area contributed by atoms with Gasteiger partial charge < -0.3 is 0 Å². The van der Waals surface area contributed by atoms with E-state index in [2.05, 4.69) is 20.6 Å². The lowest BCUT2D eigenvalue weighted by Gasteiger charge is -2.11. The van der Waals surface area contributed by atoms with Crippen molar-refractivity contribution in [2.75, 3.05) is 12.4 Å². The van der Waals surface area contributed by atoms with Crippen LogP contribution >= 0.6 is 0 Å². The lowest BCUT2D eigenvalue weighted by Crippen LogP contribution is -2.28. The zero-order valence-electron chi connectivity index (χ0n) is 9.07. The third kappa shape index (κ3) is 3.21. The van der Waals surface area contributed by atoms with Crippen molar-refractivity contribution in [2.45, 2.75) is 19.8 Å². The summed E-state index contributed by atoms with van der Waals surface area (Å²) in [5.74, 6) is 0.860. The average Bonchev–Trinajstić information content (AvgIpc) is 2.18. The van der Waals surface area contributed by atoms with Crippen molar-refractivity contribution in [1.29, 1.82) is 0 Å². The number of hydroxylamine groups is 1. The number of carbonyl (C=O) groups excluding carboxylic acids is 1. The van der Waals surface area contributed by atoms with Crippen molar-refractivity contribution in [3.63, 3.8) is 0 Å². The smallest absolute Gasteiger partial charge is 0.290 e. The second-order valence-corrected chi connectivity index (χ2v) is 3.36. The topological polar surface area (TPSA) is 63.2 Å². The van der Waals surface area contributed by atoms with E-state index in [-0.39, 0.29) is 0 Å². The van der Waals surface area contributed by atoms with Crippen LogP contribution in [0.2, 0.25) is 0 Å². The molecule has 0 aliphatic heterocycles. The van der Waals surface area contributed by atoms with E-state index < -0.39 is 6.03 Å². The number of anilines is 1. The number of urea groups is 1. The number of nitrogens with zero attached hydrogens (tertiary/aromatic N) is 1. The Hall–Kier alpha value is -1.62. The predicted molar refractivity (Wildman–Crippen MR) is 57.5 cm³/mol. The second kappa shape index (κ2) is 5.31. The first-order valence-corrected chi connectivity index (χ1v) is 4.70. The normalized spacial score (nSPS) is 10.1. The molecule has 0 fully saturated rings. The SMILES string of the molecule is CONC(=O)Nc1ncccc1C(C)C. The predicted octanol–water partition coefficient (Wildman–Crippen LogP) is 1.89. The monoisotopic (exact) mass is 209 g/mol. The minimum absolute atomic E-state index is 0.302. The van der Waals surface area contributed by atoms with E-state index >= 15 is 0 Å². The fraction of sp³-hybridized carbons (Fsp3) is 0.400. The molecule has 0 spiro atoms. The number of nitrogens with one attached hydrogen (secondary N) is 2. The molecule has 1 heterocycles. The van der Waals surface area contributed by atoms with Crippen LogP contribution < -0.4 is 10.8 Å². The maximum atomic E-state index is 11.2. The zero-order valence-corrected chi connectivity index (χ0v) is 9.07. The first kappa shape index (κ1) is 11.5. The van der Waals surface area contributed by atoms with Crippen molar-refractivity contribution in [3.8, 4) is 0 Å². The highest BCUT2D eigenvalue weighted by atomic mass is 16.6. The molecular formula is C10H15N3O2. The molecule has 5 heteroatoms. The van der Waals surface area contributed by atoms with Crippen LogP contribution in [0.15, 0.2) is 18.3 Å². The van der Waals surface area contributed by atoms with Gasteiger partial charge in [-0.15, -0.1) is 0 Å². The number of amides is 2. The first-order chi connectivity index (χ1) is 7.15. The molecule has 0 aliphatic carbocycles. The molecule has 0 unspecified atom stereocenters. The molecule has 0 saturated carbocycles. The van der Waals surface area contributed by atoms with Crippen molar-refractivity contribution in [1.82, 2.24) is 10.5 Å². The Morgan fingerprint density at radius 1 is 1.53 bits per heavy atom. The van der Waals surface area contributed by atoms with Crippen LogP contribution in [0, 0.1) is 0 Å². The quantitative estimate of drug-likeness (QED) is 0.747. The van der Waals surface area contributed by atoms with Crippen molar-refractivity contribution in [2.24, 2.45) is 0 Å². The van der Waals surface area contributed by atoms with Crippen LogP contribution in [0.4, 0.5) is 10.6 Å². The van der Waals surface area contributed by atoms with Gasteiger partial charge in [0.05, 0.1) is 7.11 Å². The number of hydrogen-bond donors (Lipinski definition) is 2. The molecule has 5 nitrogen and oxygen atoms in total. The van der Waals surface area contributed by atoms with Gasteiger partial charge in [-0.3, -0.25) is 10.2 Å². The van der Waals surface area contributed by atoms with Gasteiger partial charge in [-0.1, -0.05) is 19.9 Å². The number of rotatable bonds is 3. The van der Waals surface area contributed by atoms with Crippen LogP contribution in [0.3, 0.4) is 0 Å². The summed E-state index contributed by atoms with van der Waals surface area (Å²) >= 11 is 0. The molecule has 0 aliphatic rings. The van der Waals surface area contributed by atoms with E-state index in [1.54, 1.807) is 6.20 Å². The Morgan fingerprint density at radius 2 is 2.27 bits per heavy atom. The molecule has 0 aromatic carbocycles. The van der Waals surface area contributed by atoms with Gasteiger partial charge in [0.15, 0.2) is 0 Å². The van der Waals surface area contributed by atoms with Crippen LogP contribution in [-0.4, -0.2) is 18.1 Å². The summed E-state index contributed by atoms with van der Waals surface area (Å²) in [6.45, 7) is 4.08.